The van der Waals surface area contributed by atoms with E-state index in [1.54, 1.807) is 0 Å². The molecule has 8 nitrogen and oxygen atoms in total. The highest BCUT2D eigenvalue weighted by molar-refractivity contribution is 5.82. The Balaban J connectivity index is 1.33. The van der Waals surface area contributed by atoms with Gasteiger partial charge in [-0.3, -0.25) is 4.79 Å². The molecule has 2 N–H and O–H groups in total. The fraction of sp³-hybridized carbons (Fsp3) is 0.448. The number of fused-ring (bicyclic) bond motifs is 1. The highest BCUT2D eigenvalue weighted by Gasteiger charge is 2.45. The molecule has 2 fully saturated rings. The molecule has 1 aliphatic carbocycles. The zero-order chi connectivity index (χ0) is 25.5. The van der Waals surface area contributed by atoms with Crippen LogP contribution in [0.1, 0.15) is 67.3 Å². The lowest BCUT2D eigenvalue weighted by Crippen LogP contribution is -2.50. The van der Waals surface area contributed by atoms with Crippen molar-refractivity contribution in [2.75, 3.05) is 13.1 Å². The number of nitrogens with one attached hydrogen (secondary N) is 2. The molecule has 2 heterocycles. The summed E-state index contributed by atoms with van der Waals surface area (Å²) in [5.41, 5.74) is 2.16. The van der Waals surface area contributed by atoms with E-state index in [4.69, 9.17) is 4.52 Å². The molecular weight excluding hydrogens is 466 g/mol. The standard InChI is InChI=1S/C29H35N5O3/c35-27-24-18-23(28-32-26(33-37-28)17-21-11-5-3-6-12-21)19-25(24)34(16-10-2-1-9-15-30-27)29(36)31-20-22-13-7-4-8-14-22/h3-8,11-14,23-25H,1-2,9-10,15-20H2,(H,30,35)(H,31,36). The largest absolute Gasteiger partial charge is 0.356 e. The van der Waals surface area contributed by atoms with Crippen LogP contribution in [-0.4, -0.2) is 46.1 Å². The van der Waals surface area contributed by atoms with Crippen molar-refractivity contribution in [1.82, 2.24) is 25.7 Å². The summed E-state index contributed by atoms with van der Waals surface area (Å²) >= 11 is 0. The summed E-state index contributed by atoms with van der Waals surface area (Å²) in [6.45, 7) is 1.76. The summed E-state index contributed by atoms with van der Waals surface area (Å²) < 4.78 is 5.68. The fourth-order valence-corrected chi connectivity index (χ4v) is 5.52. The Kier molecular flexibility index (Phi) is 8.13. The van der Waals surface area contributed by atoms with Crippen molar-refractivity contribution in [1.29, 1.82) is 0 Å². The molecule has 1 saturated carbocycles. The maximum Gasteiger partial charge on any atom is 0.317 e. The molecule has 3 unspecified atom stereocenters. The maximum atomic E-state index is 13.5. The van der Waals surface area contributed by atoms with Crippen molar-refractivity contribution in [2.24, 2.45) is 5.92 Å². The first kappa shape index (κ1) is 25.0. The Morgan fingerprint density at radius 1 is 0.973 bits per heavy atom. The molecule has 0 bridgehead atoms. The predicted octanol–water partition coefficient (Wildman–Crippen LogP) is 4.42. The molecule has 5 rings (SSSR count). The number of amides is 3. The van der Waals surface area contributed by atoms with Gasteiger partial charge in [-0.2, -0.15) is 4.98 Å². The van der Waals surface area contributed by atoms with E-state index >= 15 is 0 Å². The molecule has 3 amide bonds. The predicted molar refractivity (Wildman–Crippen MR) is 140 cm³/mol. The molecule has 1 aliphatic heterocycles. The zero-order valence-electron chi connectivity index (χ0n) is 21.1. The lowest BCUT2D eigenvalue weighted by atomic mass is 10.0. The summed E-state index contributed by atoms with van der Waals surface area (Å²) in [5, 5.41) is 10.4. The molecule has 2 aliphatic rings. The topological polar surface area (TPSA) is 100 Å². The average molecular weight is 502 g/mol. The molecule has 0 radical (unpaired) electrons. The first-order valence-electron chi connectivity index (χ1n) is 13.4. The van der Waals surface area contributed by atoms with Gasteiger partial charge in [0.25, 0.3) is 0 Å². The summed E-state index contributed by atoms with van der Waals surface area (Å²) in [5.74, 6) is 0.833. The summed E-state index contributed by atoms with van der Waals surface area (Å²) in [7, 11) is 0. The van der Waals surface area contributed by atoms with E-state index < -0.39 is 0 Å². The average Bonchev–Trinajstić information content (AvgIpc) is 3.57. The van der Waals surface area contributed by atoms with Crippen LogP contribution in [0, 0.1) is 5.92 Å². The van der Waals surface area contributed by atoms with Crippen LogP contribution in [0.4, 0.5) is 4.79 Å². The van der Waals surface area contributed by atoms with Crippen LogP contribution in [0.25, 0.3) is 0 Å². The Labute approximate surface area is 217 Å². The second-order valence-corrected chi connectivity index (χ2v) is 10.1. The van der Waals surface area contributed by atoms with Crippen LogP contribution in [0.3, 0.4) is 0 Å². The van der Waals surface area contributed by atoms with E-state index in [1.807, 2.05) is 65.6 Å². The molecule has 0 spiro atoms. The van der Waals surface area contributed by atoms with Crippen molar-refractivity contribution in [3.63, 3.8) is 0 Å². The Bertz CT molecular complexity index is 1170. The summed E-state index contributed by atoms with van der Waals surface area (Å²) in [6, 6.07) is 19.6. The number of hydrogen-bond acceptors (Lipinski definition) is 5. The van der Waals surface area contributed by atoms with Gasteiger partial charge in [-0.15, -0.1) is 0 Å². The first-order chi connectivity index (χ1) is 18.2. The van der Waals surface area contributed by atoms with Gasteiger partial charge in [-0.1, -0.05) is 78.7 Å². The number of nitrogens with zero attached hydrogens (tertiary/aromatic N) is 3. The number of urea groups is 1. The van der Waals surface area contributed by atoms with Gasteiger partial charge >= 0.3 is 6.03 Å². The second kappa shape index (κ2) is 12.0. The third-order valence-electron chi connectivity index (χ3n) is 7.48. The molecule has 3 atom stereocenters. The van der Waals surface area contributed by atoms with Crippen molar-refractivity contribution in [3.8, 4) is 0 Å². The van der Waals surface area contributed by atoms with Crippen LogP contribution in [0.5, 0.6) is 0 Å². The molecule has 3 aromatic rings. The number of benzene rings is 2. The second-order valence-electron chi connectivity index (χ2n) is 10.1. The fourth-order valence-electron chi connectivity index (χ4n) is 5.52. The van der Waals surface area contributed by atoms with Crippen LogP contribution >= 0.6 is 0 Å². The number of hydrogen-bond donors (Lipinski definition) is 2. The molecular formula is C29H35N5O3. The van der Waals surface area contributed by atoms with Crippen LogP contribution in [-0.2, 0) is 17.8 Å². The van der Waals surface area contributed by atoms with E-state index in [1.165, 1.54) is 0 Å². The van der Waals surface area contributed by atoms with Gasteiger partial charge in [0.15, 0.2) is 5.82 Å². The number of rotatable bonds is 5. The van der Waals surface area contributed by atoms with Gasteiger partial charge in [-0.25, -0.2) is 4.79 Å². The minimum Gasteiger partial charge on any atom is -0.356 e. The van der Waals surface area contributed by atoms with Crippen LogP contribution in [0.15, 0.2) is 65.2 Å². The quantitative estimate of drug-likeness (QED) is 0.539. The van der Waals surface area contributed by atoms with Gasteiger partial charge in [0.1, 0.15) is 0 Å². The van der Waals surface area contributed by atoms with Crippen molar-refractivity contribution in [3.05, 3.63) is 83.5 Å². The van der Waals surface area contributed by atoms with E-state index in [2.05, 4.69) is 20.8 Å². The van der Waals surface area contributed by atoms with Gasteiger partial charge in [0.05, 0.1) is 5.92 Å². The van der Waals surface area contributed by atoms with Crippen molar-refractivity contribution < 1.29 is 14.1 Å². The molecule has 37 heavy (non-hydrogen) atoms. The Morgan fingerprint density at radius 3 is 2.49 bits per heavy atom. The van der Waals surface area contributed by atoms with E-state index in [0.717, 1.165) is 36.8 Å². The van der Waals surface area contributed by atoms with Crippen LogP contribution < -0.4 is 10.6 Å². The smallest absolute Gasteiger partial charge is 0.317 e. The lowest BCUT2D eigenvalue weighted by Gasteiger charge is -2.32. The minimum absolute atomic E-state index is 0.0132. The lowest BCUT2D eigenvalue weighted by molar-refractivity contribution is -0.126. The van der Waals surface area contributed by atoms with Gasteiger partial charge in [-0.05, 0) is 36.8 Å². The van der Waals surface area contributed by atoms with Gasteiger partial charge < -0.3 is 20.1 Å². The van der Waals surface area contributed by atoms with Crippen molar-refractivity contribution >= 4 is 11.9 Å². The molecule has 2 aromatic carbocycles. The first-order valence-corrected chi connectivity index (χ1v) is 13.4. The monoisotopic (exact) mass is 501 g/mol. The molecule has 8 heteroatoms. The number of aromatic nitrogens is 2. The van der Waals surface area contributed by atoms with Gasteiger partial charge in [0, 0.05) is 38.0 Å². The molecule has 194 valence electrons. The minimum atomic E-state index is -0.310. The van der Waals surface area contributed by atoms with E-state index in [9.17, 15) is 9.59 Å². The summed E-state index contributed by atoms with van der Waals surface area (Å²) in [6.07, 6.45) is 5.77. The molecule has 1 saturated heterocycles. The van der Waals surface area contributed by atoms with E-state index in [0.29, 0.717) is 50.6 Å². The van der Waals surface area contributed by atoms with Gasteiger partial charge in [0.2, 0.25) is 11.8 Å². The Hall–Kier alpha value is -3.68. The third-order valence-corrected chi connectivity index (χ3v) is 7.48. The third kappa shape index (κ3) is 6.37. The van der Waals surface area contributed by atoms with Crippen molar-refractivity contribution in [2.45, 2.75) is 63.5 Å². The molecule has 1 aromatic heterocycles. The Morgan fingerprint density at radius 2 is 1.70 bits per heavy atom. The van der Waals surface area contributed by atoms with E-state index in [-0.39, 0.29) is 29.8 Å². The highest BCUT2D eigenvalue weighted by atomic mass is 16.5. The zero-order valence-corrected chi connectivity index (χ0v) is 21.1. The number of carbonyl (C=O) groups is 2. The maximum absolute atomic E-state index is 13.5. The SMILES string of the molecule is O=C1NCCCCCCN(C(=O)NCc2ccccc2)C2CC(c3nc(Cc4ccccc4)no3)CC12. The normalized spacial score (nSPS) is 22.5. The number of carbonyl (C=O) groups excluding carboxylic acids is 2. The summed E-state index contributed by atoms with van der Waals surface area (Å²) in [4.78, 5) is 33.3. The van der Waals surface area contributed by atoms with Crippen LogP contribution in [0.2, 0.25) is 0 Å². The highest BCUT2D eigenvalue weighted by Crippen LogP contribution is 2.41.